The molecule has 6 amide bonds. The highest BCUT2D eigenvalue weighted by Gasteiger charge is 2.38. The molecule has 50 heavy (non-hydrogen) atoms. The van der Waals surface area contributed by atoms with Crippen LogP contribution in [0.25, 0.3) is 0 Å². The van der Waals surface area contributed by atoms with Crippen LogP contribution < -0.4 is 32.7 Å². The second-order valence-corrected chi connectivity index (χ2v) is 15.3. The largest absolute Gasteiger partial charge is 0.480 e. The Labute approximate surface area is 298 Å². The number of carboxylic acids is 2. The highest BCUT2D eigenvalue weighted by Crippen LogP contribution is 2.25. The van der Waals surface area contributed by atoms with E-state index in [0.29, 0.717) is 38.8 Å². The van der Waals surface area contributed by atoms with Crippen LogP contribution in [0.4, 0.5) is 0 Å². The van der Waals surface area contributed by atoms with Crippen molar-refractivity contribution < 1.29 is 48.6 Å². The van der Waals surface area contributed by atoms with Crippen LogP contribution in [0, 0.1) is 11.8 Å². The molecule has 0 saturated carbocycles. The third-order valence-corrected chi connectivity index (χ3v) is 10.8. The van der Waals surface area contributed by atoms with Crippen molar-refractivity contribution in [1.82, 2.24) is 31.1 Å². The van der Waals surface area contributed by atoms with Gasteiger partial charge in [-0.2, -0.15) is 0 Å². The van der Waals surface area contributed by atoms with Gasteiger partial charge in [-0.1, -0.05) is 49.3 Å². The summed E-state index contributed by atoms with van der Waals surface area (Å²) in [6, 6.07) is -6.77. The van der Waals surface area contributed by atoms with Gasteiger partial charge < -0.3 is 52.7 Å². The molecule has 0 aromatic carbocycles. The Morgan fingerprint density at radius 2 is 0.980 bits per heavy atom. The zero-order valence-electron chi connectivity index (χ0n) is 28.7. The molecule has 2 rings (SSSR count). The van der Waals surface area contributed by atoms with E-state index >= 15 is 0 Å². The zero-order chi connectivity index (χ0) is 37.7. The summed E-state index contributed by atoms with van der Waals surface area (Å²) in [6.07, 6.45) is 1.79. The van der Waals surface area contributed by atoms with E-state index in [2.05, 4.69) is 21.3 Å². The number of nitrogens with zero attached hydrogens (tertiary/aromatic N) is 2. The minimum Gasteiger partial charge on any atom is -0.480 e. The summed E-state index contributed by atoms with van der Waals surface area (Å²) < 4.78 is 0. The summed E-state index contributed by atoms with van der Waals surface area (Å²) >= 11 is 0. The molecule has 0 spiro atoms. The number of hydrogen-bond donors (Lipinski definition) is 8. The highest BCUT2D eigenvalue weighted by atomic mass is 33.1. The number of rotatable bonds is 19. The molecule has 0 radical (unpaired) electrons. The van der Waals surface area contributed by atoms with E-state index in [1.165, 1.54) is 9.80 Å². The zero-order valence-corrected chi connectivity index (χ0v) is 30.3. The molecular weight excluding hydrogens is 697 g/mol. The van der Waals surface area contributed by atoms with Gasteiger partial charge in [0.1, 0.15) is 36.3 Å². The number of likely N-dealkylation sites (tertiary alicyclic amines) is 2. The molecule has 0 aromatic rings. The summed E-state index contributed by atoms with van der Waals surface area (Å²) in [4.78, 5) is 104. The molecule has 2 fully saturated rings. The SMILES string of the molecule is CC(C)[C@@H](NC(=O)[C@H](CSSC[C@H](NC(=O)[C@@H]1CCCN1C(=O)CN)C(=O)N[C@@H](C(=O)O)C(C)C)NC(=O)[C@@H]1CCCN1C(=O)CN)C(=O)O. The second kappa shape index (κ2) is 20.3. The van der Waals surface area contributed by atoms with E-state index in [1.54, 1.807) is 27.7 Å². The van der Waals surface area contributed by atoms with Crippen LogP contribution in [-0.2, 0) is 38.4 Å². The van der Waals surface area contributed by atoms with Crippen LogP contribution in [0.1, 0.15) is 53.4 Å². The van der Waals surface area contributed by atoms with Crippen LogP contribution in [0.5, 0.6) is 0 Å². The molecule has 20 heteroatoms. The first-order valence-electron chi connectivity index (χ1n) is 16.4. The van der Waals surface area contributed by atoms with Crippen LogP contribution in [0.15, 0.2) is 0 Å². The normalized spacial score (nSPS) is 19.8. The van der Waals surface area contributed by atoms with Crippen molar-refractivity contribution in [3.63, 3.8) is 0 Å². The van der Waals surface area contributed by atoms with Gasteiger partial charge in [-0.25, -0.2) is 9.59 Å². The first kappa shape index (κ1) is 42.5. The van der Waals surface area contributed by atoms with Gasteiger partial charge in [-0.05, 0) is 37.5 Å². The van der Waals surface area contributed by atoms with E-state index in [0.717, 1.165) is 21.6 Å². The van der Waals surface area contributed by atoms with E-state index in [9.17, 15) is 48.6 Å². The fourth-order valence-corrected chi connectivity index (χ4v) is 7.91. The monoisotopic (exact) mass is 746 g/mol. The molecule has 282 valence electrons. The fraction of sp³-hybridized carbons (Fsp3) is 0.733. The molecule has 18 nitrogen and oxygen atoms in total. The van der Waals surface area contributed by atoms with Gasteiger partial charge >= 0.3 is 11.9 Å². The smallest absolute Gasteiger partial charge is 0.326 e. The van der Waals surface area contributed by atoms with Crippen molar-refractivity contribution in [3.05, 3.63) is 0 Å². The first-order valence-corrected chi connectivity index (χ1v) is 18.9. The molecule has 0 bridgehead atoms. The average molecular weight is 747 g/mol. The van der Waals surface area contributed by atoms with Crippen molar-refractivity contribution in [2.45, 2.75) is 89.6 Å². The van der Waals surface area contributed by atoms with Gasteiger partial charge in [0.2, 0.25) is 35.4 Å². The summed E-state index contributed by atoms with van der Waals surface area (Å²) in [5, 5.41) is 29.4. The molecule has 2 saturated heterocycles. The minimum absolute atomic E-state index is 0.113. The molecule has 0 aliphatic carbocycles. The average Bonchev–Trinajstić information content (AvgIpc) is 3.76. The number of aliphatic carboxylic acids is 2. The van der Waals surface area contributed by atoms with E-state index in [-0.39, 0.29) is 24.6 Å². The molecule has 2 aliphatic rings. The number of carboxylic acid groups (broad SMARTS) is 2. The van der Waals surface area contributed by atoms with Crippen molar-refractivity contribution in [3.8, 4) is 0 Å². The number of carbonyl (C=O) groups excluding carboxylic acids is 6. The molecule has 6 atom stereocenters. The lowest BCUT2D eigenvalue weighted by molar-refractivity contribution is -0.144. The van der Waals surface area contributed by atoms with Crippen molar-refractivity contribution >= 4 is 69.0 Å². The van der Waals surface area contributed by atoms with Gasteiger partial charge in [0.15, 0.2) is 0 Å². The molecule has 0 aromatic heterocycles. The third kappa shape index (κ3) is 12.0. The Morgan fingerprint density at radius 3 is 1.26 bits per heavy atom. The lowest BCUT2D eigenvalue weighted by Gasteiger charge is -2.28. The maximum Gasteiger partial charge on any atom is 0.326 e. The van der Waals surface area contributed by atoms with Gasteiger partial charge in [-0.3, -0.25) is 28.8 Å². The van der Waals surface area contributed by atoms with Crippen LogP contribution >= 0.6 is 21.6 Å². The summed E-state index contributed by atoms with van der Waals surface area (Å²) in [6.45, 7) is 6.47. The molecule has 2 aliphatic heterocycles. The van der Waals surface area contributed by atoms with E-state index < -0.39 is 95.5 Å². The van der Waals surface area contributed by atoms with Gasteiger partial charge in [0.25, 0.3) is 0 Å². The summed E-state index contributed by atoms with van der Waals surface area (Å²) in [5.74, 6) is -7.38. The maximum absolute atomic E-state index is 13.3. The lowest BCUT2D eigenvalue weighted by atomic mass is 10.0. The molecular formula is C30H50N8O10S2. The summed E-state index contributed by atoms with van der Waals surface area (Å²) in [5.41, 5.74) is 11.0. The third-order valence-electron chi connectivity index (χ3n) is 8.38. The second-order valence-electron chi connectivity index (χ2n) is 12.7. The van der Waals surface area contributed by atoms with Crippen molar-refractivity contribution in [2.75, 3.05) is 37.7 Å². The van der Waals surface area contributed by atoms with Gasteiger partial charge in [0, 0.05) is 24.6 Å². The van der Waals surface area contributed by atoms with Crippen molar-refractivity contribution in [2.24, 2.45) is 23.3 Å². The Morgan fingerprint density at radius 1 is 0.640 bits per heavy atom. The van der Waals surface area contributed by atoms with E-state index in [1.807, 2.05) is 0 Å². The fourth-order valence-electron chi connectivity index (χ4n) is 5.58. The summed E-state index contributed by atoms with van der Waals surface area (Å²) in [7, 11) is 2.08. The van der Waals surface area contributed by atoms with Crippen LogP contribution in [-0.4, -0.2) is 141 Å². The molecule has 2 heterocycles. The number of nitrogens with one attached hydrogen (secondary N) is 4. The van der Waals surface area contributed by atoms with Crippen molar-refractivity contribution in [1.29, 1.82) is 0 Å². The quantitative estimate of drug-likeness (QED) is 0.0509. The lowest BCUT2D eigenvalue weighted by Crippen LogP contribution is -2.57. The predicted molar refractivity (Wildman–Crippen MR) is 185 cm³/mol. The molecule has 10 N–H and O–H groups in total. The number of hydrogen-bond acceptors (Lipinski definition) is 12. The maximum atomic E-state index is 13.3. The Kier molecular flexibility index (Phi) is 17.3. The van der Waals surface area contributed by atoms with Crippen LogP contribution in [0.2, 0.25) is 0 Å². The topological polar surface area (TPSA) is 284 Å². The highest BCUT2D eigenvalue weighted by molar-refractivity contribution is 8.76. The molecule has 0 unspecified atom stereocenters. The standard InChI is InChI=1S/C30H50N8O10S2/c1-15(2)23(29(45)46)35-25(41)17(33-27(43)19-7-5-9-37(19)21(39)11-31)13-49-50-14-18(26(42)36-24(16(3)4)30(47)48)34-28(44)20-8-6-10-38(20)22(40)12-32/h15-20,23-24H,5-14,31-32H2,1-4H3,(H,33,43)(H,34,44)(H,35,41)(H,36,42)(H,45,46)(H,47,48)/t17-,18-,19-,20-,23+,24+/m0/s1. The van der Waals surface area contributed by atoms with Gasteiger partial charge in [-0.15, -0.1) is 0 Å². The predicted octanol–water partition coefficient (Wildman–Crippen LogP) is -2.31. The minimum atomic E-state index is -1.27. The Balaban J connectivity index is 2.23. The van der Waals surface area contributed by atoms with Gasteiger partial charge in [0.05, 0.1) is 13.1 Å². The van der Waals surface area contributed by atoms with Crippen LogP contribution in [0.3, 0.4) is 0 Å². The number of nitrogens with two attached hydrogens (primary N) is 2. The number of amides is 6. The first-order chi connectivity index (χ1) is 23.5. The number of carbonyl (C=O) groups is 8. The Bertz CT molecular complexity index is 1180. The Hall–Kier alpha value is -3.62. The van der Waals surface area contributed by atoms with E-state index in [4.69, 9.17) is 11.5 Å².